The van der Waals surface area contributed by atoms with Gasteiger partial charge < -0.3 is 10.5 Å². The predicted octanol–water partition coefficient (Wildman–Crippen LogP) is 2.74. The fourth-order valence-electron chi connectivity index (χ4n) is 1.80. The van der Waals surface area contributed by atoms with Crippen LogP contribution in [0.25, 0.3) is 0 Å². The van der Waals surface area contributed by atoms with Crippen LogP contribution in [0.4, 0.5) is 0 Å². The molecule has 0 saturated heterocycles. The number of aryl methyl sites for hydroxylation is 2. The van der Waals surface area contributed by atoms with Crippen molar-refractivity contribution < 1.29 is 4.74 Å². The van der Waals surface area contributed by atoms with Crippen LogP contribution in [-0.2, 0) is 13.2 Å². The zero-order valence-corrected chi connectivity index (χ0v) is 10.8. The lowest BCUT2D eigenvalue weighted by Crippen LogP contribution is -2.06. The van der Waals surface area contributed by atoms with Crippen LogP contribution in [0.3, 0.4) is 0 Å². The highest BCUT2D eigenvalue weighted by Gasteiger charge is 2.05. The lowest BCUT2D eigenvalue weighted by atomic mass is 10.1. The van der Waals surface area contributed by atoms with Gasteiger partial charge in [-0.1, -0.05) is 24.3 Å². The van der Waals surface area contributed by atoms with Gasteiger partial charge in [0.05, 0.1) is 5.69 Å². The van der Waals surface area contributed by atoms with Gasteiger partial charge in [-0.3, -0.25) is 4.98 Å². The Morgan fingerprint density at radius 1 is 1.11 bits per heavy atom. The molecule has 3 heteroatoms. The molecule has 2 rings (SSSR count). The molecule has 2 N–H and O–H groups in total. The van der Waals surface area contributed by atoms with Crippen molar-refractivity contribution >= 4 is 0 Å². The van der Waals surface area contributed by atoms with E-state index >= 15 is 0 Å². The molecule has 0 bridgehead atoms. The Kier molecular flexibility index (Phi) is 3.95. The van der Waals surface area contributed by atoms with Gasteiger partial charge in [0, 0.05) is 12.2 Å². The normalized spacial score (nSPS) is 10.4. The minimum Gasteiger partial charge on any atom is -0.487 e. The Balaban J connectivity index is 2.13. The molecule has 0 amide bonds. The molecule has 3 nitrogen and oxygen atoms in total. The molecule has 1 aromatic heterocycles. The Morgan fingerprint density at radius 3 is 2.61 bits per heavy atom. The van der Waals surface area contributed by atoms with Crippen molar-refractivity contribution in [3.63, 3.8) is 0 Å². The number of hydrogen-bond acceptors (Lipinski definition) is 3. The van der Waals surface area contributed by atoms with Gasteiger partial charge in [-0.15, -0.1) is 0 Å². The quantitative estimate of drug-likeness (QED) is 0.896. The number of ether oxygens (including phenoxy) is 1. The van der Waals surface area contributed by atoms with Gasteiger partial charge in [-0.25, -0.2) is 0 Å². The first kappa shape index (κ1) is 12.6. The average Bonchev–Trinajstić information content (AvgIpc) is 2.39. The minimum atomic E-state index is 0.394. The van der Waals surface area contributed by atoms with Crippen LogP contribution >= 0.6 is 0 Å². The highest BCUT2D eigenvalue weighted by atomic mass is 16.5. The molecule has 0 spiro atoms. The van der Waals surface area contributed by atoms with E-state index in [2.05, 4.69) is 24.0 Å². The molecule has 94 valence electrons. The molecule has 0 aliphatic heterocycles. The molecule has 0 saturated carbocycles. The molecule has 0 radical (unpaired) electrons. The molecular weight excluding hydrogens is 224 g/mol. The lowest BCUT2D eigenvalue weighted by molar-refractivity contribution is 0.300. The standard InChI is InChI=1S/C15H18N2O/c1-11-5-3-4-6-13(11)10-18-15-8-7-12(2)17-14(15)9-16/h3-8H,9-10,16H2,1-2H3. The van der Waals surface area contributed by atoms with Crippen LogP contribution < -0.4 is 10.5 Å². The minimum absolute atomic E-state index is 0.394. The summed E-state index contributed by atoms with van der Waals surface area (Å²) in [4.78, 5) is 4.38. The van der Waals surface area contributed by atoms with Gasteiger partial charge in [0.1, 0.15) is 12.4 Å². The van der Waals surface area contributed by atoms with E-state index in [0.717, 1.165) is 17.1 Å². The summed E-state index contributed by atoms with van der Waals surface area (Å²) in [7, 11) is 0. The van der Waals surface area contributed by atoms with Crippen LogP contribution in [-0.4, -0.2) is 4.98 Å². The maximum absolute atomic E-state index is 5.81. The van der Waals surface area contributed by atoms with E-state index < -0.39 is 0 Å². The van der Waals surface area contributed by atoms with Crippen molar-refractivity contribution in [2.75, 3.05) is 0 Å². The van der Waals surface area contributed by atoms with Gasteiger partial charge in [-0.2, -0.15) is 0 Å². The molecule has 0 aliphatic rings. The molecule has 0 fully saturated rings. The Morgan fingerprint density at radius 2 is 1.89 bits per heavy atom. The zero-order valence-electron chi connectivity index (χ0n) is 10.8. The van der Waals surface area contributed by atoms with Crippen molar-refractivity contribution in [1.29, 1.82) is 0 Å². The maximum Gasteiger partial charge on any atom is 0.142 e. The smallest absolute Gasteiger partial charge is 0.142 e. The maximum atomic E-state index is 5.81. The summed E-state index contributed by atoms with van der Waals surface area (Å²) in [5.41, 5.74) is 9.85. The molecule has 0 aliphatic carbocycles. The van der Waals surface area contributed by atoms with Crippen molar-refractivity contribution in [3.8, 4) is 5.75 Å². The SMILES string of the molecule is Cc1ccc(OCc2ccccc2C)c(CN)n1. The summed E-state index contributed by atoms with van der Waals surface area (Å²) in [6.07, 6.45) is 0. The third-order valence-corrected chi connectivity index (χ3v) is 2.91. The highest BCUT2D eigenvalue weighted by molar-refractivity contribution is 5.30. The van der Waals surface area contributed by atoms with E-state index in [1.165, 1.54) is 11.1 Å². The highest BCUT2D eigenvalue weighted by Crippen LogP contribution is 2.18. The number of aromatic nitrogens is 1. The van der Waals surface area contributed by atoms with Gasteiger partial charge in [0.25, 0.3) is 0 Å². The van der Waals surface area contributed by atoms with E-state index in [1.807, 2.05) is 31.2 Å². The van der Waals surface area contributed by atoms with Gasteiger partial charge in [0.2, 0.25) is 0 Å². The van der Waals surface area contributed by atoms with Crippen molar-refractivity contribution in [1.82, 2.24) is 4.98 Å². The Bertz CT molecular complexity index is 538. The monoisotopic (exact) mass is 242 g/mol. The van der Waals surface area contributed by atoms with E-state index in [1.54, 1.807) is 0 Å². The first-order valence-corrected chi connectivity index (χ1v) is 6.04. The summed E-state index contributed by atoms with van der Waals surface area (Å²) in [6.45, 7) is 4.97. The first-order valence-electron chi connectivity index (χ1n) is 6.04. The predicted molar refractivity (Wildman–Crippen MR) is 72.4 cm³/mol. The zero-order chi connectivity index (χ0) is 13.0. The number of pyridine rings is 1. The molecule has 0 unspecified atom stereocenters. The van der Waals surface area contributed by atoms with Crippen molar-refractivity contribution in [2.24, 2.45) is 5.73 Å². The van der Waals surface area contributed by atoms with Gasteiger partial charge in [-0.05, 0) is 37.1 Å². The van der Waals surface area contributed by atoms with Crippen LogP contribution in [0.15, 0.2) is 36.4 Å². The first-order chi connectivity index (χ1) is 8.70. The summed E-state index contributed by atoms with van der Waals surface area (Å²) in [5, 5.41) is 0. The van der Waals surface area contributed by atoms with Crippen molar-refractivity contribution in [3.05, 3.63) is 58.9 Å². The van der Waals surface area contributed by atoms with Crippen molar-refractivity contribution in [2.45, 2.75) is 27.0 Å². The van der Waals surface area contributed by atoms with Crippen LogP contribution in [0, 0.1) is 13.8 Å². The number of hydrogen-bond donors (Lipinski definition) is 1. The van der Waals surface area contributed by atoms with E-state index in [9.17, 15) is 0 Å². The molecular formula is C15H18N2O. The molecule has 2 aromatic rings. The topological polar surface area (TPSA) is 48.1 Å². The Hall–Kier alpha value is -1.87. The van der Waals surface area contributed by atoms with Crippen LogP contribution in [0.1, 0.15) is 22.5 Å². The van der Waals surface area contributed by atoms with E-state index in [0.29, 0.717) is 13.2 Å². The number of rotatable bonds is 4. The second kappa shape index (κ2) is 5.65. The van der Waals surface area contributed by atoms with Gasteiger partial charge in [0.15, 0.2) is 0 Å². The molecule has 0 atom stereocenters. The third-order valence-electron chi connectivity index (χ3n) is 2.91. The summed E-state index contributed by atoms with van der Waals surface area (Å²) in [6, 6.07) is 12.1. The van der Waals surface area contributed by atoms with Crippen LogP contribution in [0.2, 0.25) is 0 Å². The summed E-state index contributed by atoms with van der Waals surface area (Å²) < 4.78 is 5.81. The van der Waals surface area contributed by atoms with Gasteiger partial charge >= 0.3 is 0 Å². The van der Waals surface area contributed by atoms with E-state index in [-0.39, 0.29) is 0 Å². The third kappa shape index (κ3) is 2.87. The Labute approximate surface area is 108 Å². The number of benzene rings is 1. The average molecular weight is 242 g/mol. The second-order valence-corrected chi connectivity index (χ2v) is 4.32. The number of nitrogens with two attached hydrogens (primary N) is 1. The van der Waals surface area contributed by atoms with Crippen LogP contribution in [0.5, 0.6) is 5.75 Å². The fraction of sp³-hybridized carbons (Fsp3) is 0.267. The largest absolute Gasteiger partial charge is 0.487 e. The molecule has 18 heavy (non-hydrogen) atoms. The summed E-state index contributed by atoms with van der Waals surface area (Å²) in [5.74, 6) is 0.770. The second-order valence-electron chi connectivity index (χ2n) is 4.32. The van der Waals surface area contributed by atoms with E-state index in [4.69, 9.17) is 10.5 Å². The molecule has 1 aromatic carbocycles. The fourth-order valence-corrected chi connectivity index (χ4v) is 1.80. The lowest BCUT2D eigenvalue weighted by Gasteiger charge is -2.11. The number of nitrogens with zero attached hydrogens (tertiary/aromatic N) is 1. The summed E-state index contributed by atoms with van der Waals surface area (Å²) >= 11 is 0. The molecule has 1 heterocycles.